The van der Waals surface area contributed by atoms with Crippen molar-refractivity contribution in [1.29, 1.82) is 0 Å². The van der Waals surface area contributed by atoms with E-state index in [0.717, 1.165) is 12.1 Å². The second-order valence-electron chi connectivity index (χ2n) is 6.44. The van der Waals surface area contributed by atoms with E-state index in [2.05, 4.69) is 10.0 Å². The van der Waals surface area contributed by atoms with Gasteiger partial charge in [0.05, 0.1) is 15.6 Å². The monoisotopic (exact) mass is 442 g/mol. The maximum atomic E-state index is 13.0. The Morgan fingerprint density at radius 3 is 2.38 bits per heavy atom. The van der Waals surface area contributed by atoms with Gasteiger partial charge in [-0.3, -0.25) is 9.59 Å². The van der Waals surface area contributed by atoms with E-state index in [-0.39, 0.29) is 15.6 Å². The summed E-state index contributed by atoms with van der Waals surface area (Å²) in [5.41, 5.74) is 0.152. The fourth-order valence-corrected chi connectivity index (χ4v) is 3.86. The minimum Gasteiger partial charge on any atom is -0.454 e. The average molecular weight is 443 g/mol. The molecular weight excluding hydrogens is 423 g/mol. The lowest BCUT2D eigenvalue weighted by Gasteiger charge is -2.20. The number of benzene rings is 2. The number of carbonyl (C=O) groups is 2. The highest BCUT2D eigenvalue weighted by atomic mass is 35.5. The standard InChI is InChI=1S/C19H20ClFN2O5S/c1-12(2)18(23-29(26,27)14-6-4-3-5-7-14)19(25)28-11-17(24)22-16-9-8-13(21)10-15(16)20/h3-10,12,18,23H,11H2,1-2H3,(H,22,24). The molecule has 2 aromatic rings. The van der Waals surface area contributed by atoms with Gasteiger partial charge in [0.25, 0.3) is 5.91 Å². The number of halogens is 2. The molecule has 0 heterocycles. The molecule has 156 valence electrons. The van der Waals surface area contributed by atoms with Crippen molar-refractivity contribution < 1.29 is 27.1 Å². The van der Waals surface area contributed by atoms with E-state index in [1.807, 2.05) is 0 Å². The molecule has 0 aliphatic rings. The van der Waals surface area contributed by atoms with Crippen LogP contribution in [0.4, 0.5) is 10.1 Å². The molecule has 0 aliphatic heterocycles. The van der Waals surface area contributed by atoms with Gasteiger partial charge in [0.1, 0.15) is 11.9 Å². The van der Waals surface area contributed by atoms with Gasteiger partial charge in [0.15, 0.2) is 6.61 Å². The van der Waals surface area contributed by atoms with Crippen LogP contribution in [0.25, 0.3) is 0 Å². The highest BCUT2D eigenvalue weighted by Crippen LogP contribution is 2.22. The molecule has 7 nitrogen and oxygen atoms in total. The Morgan fingerprint density at radius 2 is 1.79 bits per heavy atom. The Morgan fingerprint density at radius 1 is 1.14 bits per heavy atom. The van der Waals surface area contributed by atoms with Gasteiger partial charge < -0.3 is 10.1 Å². The Bertz CT molecular complexity index is 983. The Kier molecular flexibility index (Phi) is 7.72. The molecule has 2 N–H and O–H groups in total. The Balaban J connectivity index is 1.99. The number of carbonyl (C=O) groups excluding carboxylic acids is 2. The zero-order valence-electron chi connectivity index (χ0n) is 15.7. The summed E-state index contributed by atoms with van der Waals surface area (Å²) in [7, 11) is -3.95. The molecule has 0 saturated heterocycles. The normalized spacial score (nSPS) is 12.4. The van der Waals surface area contributed by atoms with Crippen molar-refractivity contribution >= 4 is 39.2 Å². The fraction of sp³-hybridized carbons (Fsp3) is 0.263. The van der Waals surface area contributed by atoms with Crippen molar-refractivity contribution in [3.8, 4) is 0 Å². The third-order valence-corrected chi connectivity index (χ3v) is 5.58. The summed E-state index contributed by atoms with van der Waals surface area (Å²) in [6, 6.07) is 9.78. The van der Waals surface area contributed by atoms with E-state index < -0.39 is 46.3 Å². The molecule has 0 fully saturated rings. The molecule has 2 aromatic carbocycles. The minimum atomic E-state index is -3.95. The molecule has 0 radical (unpaired) electrons. The van der Waals surface area contributed by atoms with Crippen LogP contribution in [0.2, 0.25) is 5.02 Å². The van der Waals surface area contributed by atoms with Gasteiger partial charge in [-0.2, -0.15) is 4.72 Å². The van der Waals surface area contributed by atoms with Crippen LogP contribution < -0.4 is 10.0 Å². The zero-order chi connectivity index (χ0) is 21.6. The highest BCUT2D eigenvalue weighted by Gasteiger charge is 2.30. The van der Waals surface area contributed by atoms with Gasteiger partial charge in [-0.25, -0.2) is 12.8 Å². The third kappa shape index (κ3) is 6.52. The van der Waals surface area contributed by atoms with Crippen molar-refractivity contribution in [3.63, 3.8) is 0 Å². The zero-order valence-corrected chi connectivity index (χ0v) is 17.3. The summed E-state index contributed by atoms with van der Waals surface area (Å²) in [6.07, 6.45) is 0. The molecule has 1 atom stereocenters. The fourth-order valence-electron chi connectivity index (χ4n) is 2.29. The third-order valence-electron chi connectivity index (χ3n) is 3.81. The maximum Gasteiger partial charge on any atom is 0.324 e. The van der Waals surface area contributed by atoms with Crippen molar-refractivity contribution in [1.82, 2.24) is 4.72 Å². The molecule has 10 heteroatoms. The van der Waals surface area contributed by atoms with E-state index >= 15 is 0 Å². The Labute approximate surface area is 173 Å². The molecular formula is C19H20ClFN2O5S. The van der Waals surface area contributed by atoms with Crippen LogP contribution in [0.15, 0.2) is 53.4 Å². The van der Waals surface area contributed by atoms with Gasteiger partial charge >= 0.3 is 5.97 Å². The first-order valence-corrected chi connectivity index (χ1v) is 10.4. The maximum absolute atomic E-state index is 13.0. The molecule has 0 saturated carbocycles. The summed E-state index contributed by atoms with van der Waals surface area (Å²) in [6.45, 7) is 2.61. The number of anilines is 1. The van der Waals surface area contributed by atoms with Crippen LogP contribution in [0, 0.1) is 11.7 Å². The van der Waals surface area contributed by atoms with Crippen LogP contribution >= 0.6 is 11.6 Å². The van der Waals surface area contributed by atoms with E-state index in [9.17, 15) is 22.4 Å². The van der Waals surface area contributed by atoms with Gasteiger partial charge in [0.2, 0.25) is 10.0 Å². The minimum absolute atomic E-state index is 0.00199. The van der Waals surface area contributed by atoms with E-state index in [0.29, 0.717) is 0 Å². The summed E-state index contributed by atoms with van der Waals surface area (Å²) >= 11 is 5.82. The lowest BCUT2D eigenvalue weighted by Crippen LogP contribution is -2.45. The van der Waals surface area contributed by atoms with Gasteiger partial charge in [-0.05, 0) is 36.2 Å². The molecule has 1 unspecified atom stereocenters. The number of nitrogens with one attached hydrogen (secondary N) is 2. The van der Waals surface area contributed by atoms with E-state index in [4.69, 9.17) is 16.3 Å². The number of rotatable bonds is 8. The van der Waals surface area contributed by atoms with Gasteiger partial charge in [0, 0.05) is 0 Å². The van der Waals surface area contributed by atoms with Crippen LogP contribution in [-0.4, -0.2) is 32.9 Å². The number of sulfonamides is 1. The Hall–Kier alpha value is -2.49. The molecule has 2 rings (SSSR count). The molecule has 1 amide bonds. The van der Waals surface area contributed by atoms with Crippen molar-refractivity contribution in [2.24, 2.45) is 5.92 Å². The predicted octanol–water partition coefficient (Wildman–Crippen LogP) is 2.96. The second kappa shape index (κ2) is 9.82. The van der Waals surface area contributed by atoms with Crippen LogP contribution in [-0.2, 0) is 24.3 Å². The molecule has 0 aromatic heterocycles. The summed E-state index contributed by atoms with van der Waals surface area (Å²) in [4.78, 5) is 24.3. The van der Waals surface area contributed by atoms with E-state index in [1.54, 1.807) is 32.0 Å². The van der Waals surface area contributed by atoms with Crippen molar-refractivity contribution in [2.45, 2.75) is 24.8 Å². The number of amides is 1. The van der Waals surface area contributed by atoms with Gasteiger partial charge in [-0.15, -0.1) is 0 Å². The molecule has 0 aliphatic carbocycles. The molecule has 29 heavy (non-hydrogen) atoms. The first-order chi connectivity index (χ1) is 13.6. The van der Waals surface area contributed by atoms with E-state index in [1.165, 1.54) is 18.2 Å². The second-order valence-corrected chi connectivity index (χ2v) is 8.56. The lowest BCUT2D eigenvalue weighted by atomic mass is 10.1. The summed E-state index contributed by atoms with van der Waals surface area (Å²) in [5.74, 6) is -2.61. The summed E-state index contributed by atoms with van der Waals surface area (Å²) in [5, 5.41) is 2.37. The number of hydrogen-bond donors (Lipinski definition) is 2. The first-order valence-electron chi connectivity index (χ1n) is 8.59. The lowest BCUT2D eigenvalue weighted by molar-refractivity contribution is -0.150. The van der Waals surface area contributed by atoms with Gasteiger partial charge in [-0.1, -0.05) is 43.6 Å². The number of esters is 1. The predicted molar refractivity (Wildman–Crippen MR) is 106 cm³/mol. The highest BCUT2D eigenvalue weighted by molar-refractivity contribution is 7.89. The average Bonchev–Trinajstić information content (AvgIpc) is 2.67. The first kappa shape index (κ1) is 22.8. The van der Waals surface area contributed by atoms with Crippen LogP contribution in [0.3, 0.4) is 0 Å². The van der Waals surface area contributed by atoms with Crippen molar-refractivity contribution in [3.05, 3.63) is 59.4 Å². The molecule has 0 bridgehead atoms. The topological polar surface area (TPSA) is 102 Å². The largest absolute Gasteiger partial charge is 0.454 e. The summed E-state index contributed by atoms with van der Waals surface area (Å²) < 4.78 is 45.2. The number of ether oxygens (including phenoxy) is 1. The smallest absolute Gasteiger partial charge is 0.324 e. The van der Waals surface area contributed by atoms with Crippen LogP contribution in [0.5, 0.6) is 0 Å². The van der Waals surface area contributed by atoms with Crippen LogP contribution in [0.1, 0.15) is 13.8 Å². The SMILES string of the molecule is CC(C)C(NS(=O)(=O)c1ccccc1)C(=O)OCC(=O)Nc1ccc(F)cc1Cl. The molecule has 0 spiro atoms. The van der Waals surface area contributed by atoms with Crippen molar-refractivity contribution in [2.75, 3.05) is 11.9 Å². The number of hydrogen-bond acceptors (Lipinski definition) is 5. The quantitative estimate of drug-likeness (QED) is 0.612.